The second-order valence-corrected chi connectivity index (χ2v) is 26.3. The molecule has 0 amide bonds. The van der Waals surface area contributed by atoms with E-state index >= 15 is 0 Å². The molecule has 0 aliphatic rings. The van der Waals surface area contributed by atoms with Crippen molar-refractivity contribution in [1.29, 1.82) is 0 Å². The molecule has 490 valence electrons. The van der Waals surface area contributed by atoms with Crippen molar-refractivity contribution in [2.45, 2.75) is 400 Å². The molecule has 0 saturated heterocycles. The second kappa shape index (κ2) is 67.4. The van der Waals surface area contributed by atoms with E-state index in [2.05, 4.69) is 106 Å². The van der Waals surface area contributed by atoms with Crippen LogP contribution in [0.2, 0.25) is 0 Å². The fourth-order valence-electron chi connectivity index (χ4n) is 12.2. The SMILES string of the molecule is CCCCCCCCCCCCCCCCCCCCC=Cc1ccc(N=CC(C=CCCCCCCCCCCCCCCCCCCCCCC)=Nc2ccc(C=CCCCCCCCCCCCCCCCCCCCC)cc2)cc1.[Ni]. The molecule has 0 N–H and O–H groups in total. The molecule has 2 rings (SSSR count). The normalized spacial score (nSPS) is 12.2. The molecule has 0 heterocycles. The molecule has 2 aromatic carbocycles. The molecule has 0 unspecified atom stereocenters. The van der Waals surface area contributed by atoms with E-state index < -0.39 is 0 Å². The Bertz CT molecular complexity index is 1770. The molecule has 0 fully saturated rings. The number of rotatable bonds is 65. The quantitative estimate of drug-likeness (QED) is 0.0358. The predicted molar refractivity (Wildman–Crippen MR) is 385 cm³/mol. The second-order valence-electron chi connectivity index (χ2n) is 26.3. The minimum absolute atomic E-state index is 0. The van der Waals surface area contributed by atoms with E-state index in [-0.39, 0.29) is 16.5 Å². The van der Waals surface area contributed by atoms with E-state index in [4.69, 9.17) is 9.98 Å². The zero-order chi connectivity index (χ0) is 59.6. The van der Waals surface area contributed by atoms with Crippen molar-refractivity contribution in [3.63, 3.8) is 0 Å². The van der Waals surface area contributed by atoms with Gasteiger partial charge < -0.3 is 0 Å². The predicted octanol–water partition coefficient (Wildman–Crippen LogP) is 29.8. The van der Waals surface area contributed by atoms with E-state index in [1.807, 2.05) is 6.21 Å². The Kier molecular flexibility index (Phi) is 63.9. The number of unbranched alkanes of at least 4 members (excludes halogenated alkanes) is 56. The van der Waals surface area contributed by atoms with Crippen molar-refractivity contribution < 1.29 is 16.5 Å². The summed E-state index contributed by atoms with van der Waals surface area (Å²) in [6.45, 7) is 6.93. The molecule has 0 atom stereocenters. The van der Waals surface area contributed by atoms with E-state index in [0.29, 0.717) is 0 Å². The first kappa shape index (κ1) is 80.5. The van der Waals surface area contributed by atoms with Crippen LogP contribution in [-0.4, -0.2) is 11.9 Å². The van der Waals surface area contributed by atoms with Crippen LogP contribution >= 0.6 is 0 Å². The van der Waals surface area contributed by atoms with Gasteiger partial charge in [0, 0.05) is 16.5 Å². The van der Waals surface area contributed by atoms with Crippen LogP contribution in [0.15, 0.2) is 82.8 Å². The molecule has 0 spiro atoms. The molecule has 2 nitrogen and oxygen atoms in total. The third kappa shape index (κ3) is 57.7. The Morgan fingerprint density at radius 1 is 0.259 bits per heavy atom. The van der Waals surface area contributed by atoms with Crippen LogP contribution in [-0.2, 0) is 16.5 Å². The summed E-state index contributed by atoms with van der Waals surface area (Å²) in [5.74, 6) is 0. The molecule has 0 saturated carbocycles. The summed E-state index contributed by atoms with van der Waals surface area (Å²) >= 11 is 0. The number of benzene rings is 2. The number of allylic oxidation sites excluding steroid dienone is 4. The molecule has 0 bridgehead atoms. The number of hydrogen-bond acceptors (Lipinski definition) is 2. The largest absolute Gasteiger partial charge is 0.255 e. The molecule has 0 radical (unpaired) electrons. The van der Waals surface area contributed by atoms with Gasteiger partial charge in [0.2, 0.25) is 0 Å². The van der Waals surface area contributed by atoms with Crippen LogP contribution < -0.4 is 0 Å². The Morgan fingerprint density at radius 2 is 0.471 bits per heavy atom. The van der Waals surface area contributed by atoms with Crippen molar-refractivity contribution in [2.24, 2.45) is 9.98 Å². The Morgan fingerprint density at radius 3 is 0.718 bits per heavy atom. The zero-order valence-corrected chi connectivity index (χ0v) is 58.1. The standard InChI is InChI=1S/C82H142N2.Ni/c1-4-7-10-13-16-19-22-25-28-31-34-37-38-41-44-47-50-53-56-59-62-65-68-82(84-81-75-71-79(72-76-81)67-64-61-58-55-52-49-46-43-40-36-33-30-27-24-21-18-15-12-9-6-3)77-83-80-73-69-78(70-74-80)66-63-60-57-54-51-48-45-42-39-35-32-29-26-23-20-17-14-11-8-5-2;/h63-77H,4-62H2,1-3H3;. The first-order valence-corrected chi connectivity index (χ1v) is 38.1. The van der Waals surface area contributed by atoms with E-state index in [1.54, 1.807) is 0 Å². The van der Waals surface area contributed by atoms with Gasteiger partial charge in [0.15, 0.2) is 0 Å². The Balaban J connectivity index is 0.0000361. The topological polar surface area (TPSA) is 24.7 Å². The average molecular weight is 1210 g/mol. The van der Waals surface area contributed by atoms with Gasteiger partial charge in [-0.25, -0.2) is 4.99 Å². The molecular weight excluding hydrogens is 1070 g/mol. The Hall–Kier alpha value is -2.51. The van der Waals surface area contributed by atoms with Crippen molar-refractivity contribution in [3.8, 4) is 0 Å². The van der Waals surface area contributed by atoms with Gasteiger partial charge in [0.1, 0.15) is 0 Å². The number of nitrogens with zero attached hydrogens (tertiary/aromatic N) is 2. The summed E-state index contributed by atoms with van der Waals surface area (Å²) in [6, 6.07) is 17.5. The maximum Gasteiger partial charge on any atom is 0.0816 e. The zero-order valence-electron chi connectivity index (χ0n) is 57.1. The van der Waals surface area contributed by atoms with Crippen LogP contribution in [0.1, 0.15) is 411 Å². The number of hydrogen-bond donors (Lipinski definition) is 0. The summed E-state index contributed by atoms with van der Waals surface area (Å²) in [5, 5.41) is 0. The number of aliphatic imine (C=N–C) groups is 2. The van der Waals surface area contributed by atoms with Gasteiger partial charge in [-0.3, -0.25) is 4.99 Å². The summed E-state index contributed by atoms with van der Waals surface area (Å²) in [6.07, 6.45) is 99.0. The molecular formula is C82H142N2Ni. The third-order valence-corrected chi connectivity index (χ3v) is 18.0. The van der Waals surface area contributed by atoms with Gasteiger partial charge in [-0.05, 0) is 80.0 Å². The van der Waals surface area contributed by atoms with Crippen molar-refractivity contribution in [3.05, 3.63) is 84.0 Å². The summed E-state index contributed by atoms with van der Waals surface area (Å²) in [5.41, 5.74) is 5.38. The fourth-order valence-corrected chi connectivity index (χ4v) is 12.2. The van der Waals surface area contributed by atoms with Crippen molar-refractivity contribution in [2.75, 3.05) is 0 Å². The van der Waals surface area contributed by atoms with Gasteiger partial charge in [0.05, 0.1) is 23.3 Å². The third-order valence-electron chi connectivity index (χ3n) is 18.0. The van der Waals surface area contributed by atoms with Gasteiger partial charge >= 0.3 is 0 Å². The van der Waals surface area contributed by atoms with Crippen LogP contribution in [0.25, 0.3) is 12.2 Å². The smallest absolute Gasteiger partial charge is 0.0816 e. The van der Waals surface area contributed by atoms with Crippen LogP contribution in [0, 0.1) is 0 Å². The minimum Gasteiger partial charge on any atom is -0.255 e. The van der Waals surface area contributed by atoms with Crippen LogP contribution in [0.4, 0.5) is 11.4 Å². The Labute approximate surface area is 542 Å². The van der Waals surface area contributed by atoms with Gasteiger partial charge in [0.25, 0.3) is 0 Å². The van der Waals surface area contributed by atoms with Gasteiger partial charge in [-0.1, -0.05) is 416 Å². The van der Waals surface area contributed by atoms with Gasteiger partial charge in [-0.15, -0.1) is 0 Å². The molecule has 85 heavy (non-hydrogen) atoms. The summed E-state index contributed by atoms with van der Waals surface area (Å²) in [4.78, 5) is 10.0. The molecule has 0 aliphatic carbocycles. The molecule has 0 aliphatic heterocycles. The molecule has 3 heteroatoms. The first-order chi connectivity index (χ1) is 41.7. The monoisotopic (exact) mass is 1210 g/mol. The summed E-state index contributed by atoms with van der Waals surface area (Å²) in [7, 11) is 0. The van der Waals surface area contributed by atoms with Crippen LogP contribution in [0.5, 0.6) is 0 Å². The maximum atomic E-state index is 5.11. The van der Waals surface area contributed by atoms with Crippen molar-refractivity contribution in [1.82, 2.24) is 0 Å². The fraction of sp³-hybridized carbons (Fsp3) is 0.756. The molecule has 2 aromatic rings. The average Bonchev–Trinajstić information content (AvgIpc) is 3.62. The van der Waals surface area contributed by atoms with E-state index in [9.17, 15) is 0 Å². The van der Waals surface area contributed by atoms with E-state index in [0.717, 1.165) is 23.5 Å². The van der Waals surface area contributed by atoms with Crippen LogP contribution in [0.3, 0.4) is 0 Å². The van der Waals surface area contributed by atoms with Gasteiger partial charge in [-0.2, -0.15) is 0 Å². The maximum absolute atomic E-state index is 5.11. The summed E-state index contributed by atoms with van der Waals surface area (Å²) < 4.78 is 0. The molecule has 0 aromatic heterocycles. The van der Waals surface area contributed by atoms with Crippen molar-refractivity contribution >= 4 is 35.5 Å². The van der Waals surface area contributed by atoms with E-state index in [1.165, 1.54) is 384 Å². The first-order valence-electron chi connectivity index (χ1n) is 38.1. The minimum atomic E-state index is 0.